The fourth-order valence-corrected chi connectivity index (χ4v) is 5.66. The minimum atomic E-state index is -0.797. The molecule has 1 atom stereocenters. The number of unbranched alkanes of at least 4 members (excludes halogenated alkanes) is 16. The predicted molar refractivity (Wildman–Crippen MR) is 189 cm³/mol. The lowest BCUT2D eigenvalue weighted by atomic mass is 9.85. The summed E-state index contributed by atoms with van der Waals surface area (Å²) in [4.78, 5) is 36.9. The van der Waals surface area contributed by atoms with Crippen LogP contribution in [0.3, 0.4) is 0 Å². The van der Waals surface area contributed by atoms with Gasteiger partial charge in [-0.05, 0) is 58.8 Å². The van der Waals surface area contributed by atoms with Crippen LogP contribution in [0.1, 0.15) is 169 Å². The number of carbonyl (C=O) groups is 3. The Morgan fingerprint density at radius 2 is 1.09 bits per heavy atom. The van der Waals surface area contributed by atoms with Crippen molar-refractivity contribution in [2.24, 2.45) is 5.41 Å². The standard InChI is InChI=1S/C38H71N3O5/c1-6-7-8-9-10-11-12-13-14-15-16-17-18-21-24-27-33(42)39-29-25-22-19-20-23-26-30-40-34(43)28-31-41-36(44)35-37(2,3)32-45-38(4,5)46-35/h13-14,35H,6-12,15-32H2,1-5H3,(H,39,42)(H,40,43)(H,41,44). The summed E-state index contributed by atoms with van der Waals surface area (Å²) < 4.78 is 11.5. The van der Waals surface area contributed by atoms with E-state index in [1.165, 1.54) is 70.6 Å². The number of allylic oxidation sites excluding steroid dienone is 2. The van der Waals surface area contributed by atoms with Crippen LogP contribution in [0.4, 0.5) is 0 Å². The van der Waals surface area contributed by atoms with Gasteiger partial charge in [-0.25, -0.2) is 0 Å². The Bertz CT molecular complexity index is 842. The molecule has 0 bridgehead atoms. The van der Waals surface area contributed by atoms with Gasteiger partial charge in [-0.2, -0.15) is 0 Å². The second kappa shape index (κ2) is 26.1. The van der Waals surface area contributed by atoms with Crippen molar-refractivity contribution in [3.8, 4) is 0 Å². The molecular weight excluding hydrogens is 578 g/mol. The molecule has 1 heterocycles. The Morgan fingerprint density at radius 1 is 0.609 bits per heavy atom. The minimum Gasteiger partial charge on any atom is -0.356 e. The lowest BCUT2D eigenvalue weighted by Crippen LogP contribution is -2.56. The molecule has 1 fully saturated rings. The van der Waals surface area contributed by atoms with E-state index in [4.69, 9.17) is 9.47 Å². The highest BCUT2D eigenvalue weighted by atomic mass is 16.7. The average molecular weight is 650 g/mol. The van der Waals surface area contributed by atoms with Crippen LogP contribution in [-0.2, 0) is 23.9 Å². The molecule has 8 heteroatoms. The summed E-state index contributed by atoms with van der Waals surface area (Å²) in [5.74, 6) is -0.857. The van der Waals surface area contributed by atoms with E-state index in [1.807, 2.05) is 13.8 Å². The van der Waals surface area contributed by atoms with Gasteiger partial charge in [0.1, 0.15) is 6.10 Å². The molecule has 3 amide bonds. The Balaban J connectivity index is 1.85. The molecule has 0 saturated carbocycles. The third-order valence-electron chi connectivity index (χ3n) is 8.71. The van der Waals surface area contributed by atoms with Crippen LogP contribution in [0.15, 0.2) is 12.2 Å². The Hall–Kier alpha value is -1.93. The maximum absolute atomic E-state index is 12.6. The molecule has 1 rings (SSSR count). The smallest absolute Gasteiger partial charge is 0.249 e. The first kappa shape index (κ1) is 42.1. The van der Waals surface area contributed by atoms with Crippen molar-refractivity contribution in [1.29, 1.82) is 0 Å². The zero-order valence-electron chi connectivity index (χ0n) is 30.5. The van der Waals surface area contributed by atoms with Gasteiger partial charge in [0.2, 0.25) is 17.7 Å². The quantitative estimate of drug-likeness (QED) is 0.0584. The molecule has 1 aliphatic rings. The van der Waals surface area contributed by atoms with Crippen LogP contribution in [0.5, 0.6) is 0 Å². The van der Waals surface area contributed by atoms with Gasteiger partial charge < -0.3 is 25.4 Å². The summed E-state index contributed by atoms with van der Waals surface area (Å²) in [5.41, 5.74) is -0.431. The first-order chi connectivity index (χ1) is 22.1. The van der Waals surface area contributed by atoms with Crippen molar-refractivity contribution < 1.29 is 23.9 Å². The van der Waals surface area contributed by atoms with Gasteiger partial charge in [0.25, 0.3) is 0 Å². The molecule has 1 unspecified atom stereocenters. The summed E-state index contributed by atoms with van der Waals surface area (Å²) in [6.45, 7) is 11.9. The Morgan fingerprint density at radius 3 is 1.65 bits per heavy atom. The SMILES string of the molecule is CCCCCCCCC=CCCCCCCCC(=O)NCCCCCCCCNC(=O)CCNC(=O)C1OC(C)(C)OCC1(C)C. The van der Waals surface area contributed by atoms with E-state index in [-0.39, 0.29) is 30.7 Å². The first-order valence-corrected chi connectivity index (χ1v) is 18.9. The van der Waals surface area contributed by atoms with E-state index in [0.29, 0.717) is 19.6 Å². The van der Waals surface area contributed by atoms with Crippen LogP contribution in [0, 0.1) is 5.41 Å². The molecule has 0 aromatic carbocycles. The highest BCUT2D eigenvalue weighted by Gasteiger charge is 2.45. The summed E-state index contributed by atoms with van der Waals surface area (Å²) >= 11 is 0. The molecular formula is C38H71N3O5. The molecule has 0 radical (unpaired) electrons. The lowest BCUT2D eigenvalue weighted by Gasteiger charge is -2.44. The van der Waals surface area contributed by atoms with Gasteiger partial charge in [0.15, 0.2) is 5.79 Å². The summed E-state index contributed by atoms with van der Waals surface area (Å²) in [5, 5.41) is 8.86. The number of carbonyl (C=O) groups excluding carboxylic acids is 3. The van der Waals surface area contributed by atoms with Crippen molar-refractivity contribution in [1.82, 2.24) is 16.0 Å². The van der Waals surface area contributed by atoms with Crippen LogP contribution < -0.4 is 16.0 Å². The van der Waals surface area contributed by atoms with Crippen molar-refractivity contribution in [3.05, 3.63) is 12.2 Å². The number of hydrogen-bond donors (Lipinski definition) is 3. The molecule has 0 aromatic rings. The molecule has 46 heavy (non-hydrogen) atoms. The van der Waals surface area contributed by atoms with Crippen molar-refractivity contribution >= 4 is 17.7 Å². The van der Waals surface area contributed by atoms with Gasteiger partial charge in [-0.15, -0.1) is 0 Å². The van der Waals surface area contributed by atoms with E-state index >= 15 is 0 Å². The highest BCUT2D eigenvalue weighted by Crippen LogP contribution is 2.34. The molecule has 8 nitrogen and oxygen atoms in total. The molecule has 1 aliphatic heterocycles. The van der Waals surface area contributed by atoms with Crippen molar-refractivity contribution in [2.75, 3.05) is 26.2 Å². The average Bonchev–Trinajstić information content (AvgIpc) is 3.01. The summed E-state index contributed by atoms with van der Waals surface area (Å²) in [6, 6.07) is 0. The molecule has 1 saturated heterocycles. The fourth-order valence-electron chi connectivity index (χ4n) is 5.66. The zero-order chi connectivity index (χ0) is 33.9. The van der Waals surface area contributed by atoms with Gasteiger partial charge in [-0.3, -0.25) is 14.4 Å². The predicted octanol–water partition coefficient (Wildman–Crippen LogP) is 8.28. The summed E-state index contributed by atoms with van der Waals surface area (Å²) in [6.07, 6.45) is 28.0. The topological polar surface area (TPSA) is 106 Å². The number of rotatable bonds is 28. The van der Waals surface area contributed by atoms with E-state index in [1.54, 1.807) is 13.8 Å². The van der Waals surface area contributed by atoms with Crippen molar-refractivity contribution in [3.63, 3.8) is 0 Å². The highest BCUT2D eigenvalue weighted by molar-refractivity contribution is 5.83. The van der Waals surface area contributed by atoms with Crippen LogP contribution >= 0.6 is 0 Å². The number of hydrogen-bond acceptors (Lipinski definition) is 5. The number of ether oxygens (including phenoxy) is 2. The second-order valence-electron chi connectivity index (χ2n) is 14.4. The van der Waals surface area contributed by atoms with Gasteiger partial charge in [-0.1, -0.05) is 110 Å². The molecule has 0 spiro atoms. The maximum Gasteiger partial charge on any atom is 0.249 e. The zero-order valence-corrected chi connectivity index (χ0v) is 30.5. The van der Waals surface area contributed by atoms with E-state index < -0.39 is 17.3 Å². The van der Waals surface area contributed by atoms with Gasteiger partial charge in [0.05, 0.1) is 6.61 Å². The van der Waals surface area contributed by atoms with Crippen LogP contribution in [-0.4, -0.2) is 55.9 Å². The second-order valence-corrected chi connectivity index (χ2v) is 14.4. The normalized spacial score (nSPS) is 17.2. The van der Waals surface area contributed by atoms with Crippen molar-refractivity contribution in [2.45, 2.75) is 181 Å². The van der Waals surface area contributed by atoms with Gasteiger partial charge in [0, 0.05) is 37.9 Å². The lowest BCUT2D eigenvalue weighted by molar-refractivity contribution is -0.304. The first-order valence-electron chi connectivity index (χ1n) is 18.9. The van der Waals surface area contributed by atoms with E-state index in [2.05, 4.69) is 35.0 Å². The monoisotopic (exact) mass is 650 g/mol. The minimum absolute atomic E-state index is 0.0507. The van der Waals surface area contributed by atoms with Crippen LogP contribution in [0.25, 0.3) is 0 Å². The fraction of sp³-hybridized carbons (Fsp3) is 0.868. The molecule has 0 aliphatic carbocycles. The van der Waals surface area contributed by atoms with E-state index in [0.717, 1.165) is 57.9 Å². The summed E-state index contributed by atoms with van der Waals surface area (Å²) in [7, 11) is 0. The third-order valence-corrected chi connectivity index (χ3v) is 8.71. The number of amides is 3. The van der Waals surface area contributed by atoms with Gasteiger partial charge >= 0.3 is 0 Å². The number of nitrogens with one attached hydrogen (secondary N) is 3. The maximum atomic E-state index is 12.6. The molecule has 3 N–H and O–H groups in total. The molecule has 268 valence electrons. The Kier molecular flexibility index (Phi) is 23.9. The third kappa shape index (κ3) is 22.6. The van der Waals surface area contributed by atoms with E-state index in [9.17, 15) is 14.4 Å². The molecule has 0 aromatic heterocycles. The largest absolute Gasteiger partial charge is 0.356 e. The Labute approximate surface area is 282 Å². The van der Waals surface area contributed by atoms with Crippen LogP contribution in [0.2, 0.25) is 0 Å².